The summed E-state index contributed by atoms with van der Waals surface area (Å²) >= 11 is 0. The Morgan fingerprint density at radius 1 is 0.591 bits per heavy atom. The van der Waals surface area contributed by atoms with Gasteiger partial charge < -0.3 is 14.7 Å². The van der Waals surface area contributed by atoms with E-state index in [1.807, 2.05) is 110 Å². The summed E-state index contributed by atoms with van der Waals surface area (Å²) < 4.78 is 5.86. The zero-order valence-corrected chi connectivity index (χ0v) is 40.6. The molecule has 11 nitrogen and oxygen atoms in total. The Hall–Kier alpha value is -6.26. The Morgan fingerprint density at radius 2 is 1.05 bits per heavy atom. The number of fused-ring (bicyclic) bond motifs is 25. The molecule has 3 fully saturated rings. The molecule has 13 rings (SSSR count). The van der Waals surface area contributed by atoms with Crippen LogP contribution in [0.3, 0.4) is 0 Å². The van der Waals surface area contributed by atoms with Gasteiger partial charge in [-0.25, -0.2) is 29.9 Å². The number of ether oxygens (including phenoxy) is 1. The Morgan fingerprint density at radius 3 is 1.50 bits per heavy atom. The number of aromatic amines is 2. The molecule has 0 saturated heterocycles. The van der Waals surface area contributed by atoms with Crippen molar-refractivity contribution < 1.29 is 33.8 Å². The Kier molecular flexibility index (Phi) is 10.4. The quantitative estimate of drug-likeness (QED) is 0.127. The summed E-state index contributed by atoms with van der Waals surface area (Å²) in [6.07, 6.45) is 11.3. The maximum atomic E-state index is 11.9. The number of carbonyl (C=O) groups excluding carboxylic acids is 2. The zero-order valence-electron chi connectivity index (χ0n) is 37.6. The summed E-state index contributed by atoms with van der Waals surface area (Å²) in [6.45, 7) is 6.69. The molecule has 6 atom stereocenters. The molecule has 3 aromatic heterocycles. The summed E-state index contributed by atoms with van der Waals surface area (Å²) in [5, 5.41) is 3.82. The molecule has 2 N–H and O–H groups in total. The van der Waals surface area contributed by atoms with E-state index in [0.717, 1.165) is 81.8 Å². The third-order valence-corrected chi connectivity index (χ3v) is 15.9. The normalized spacial score (nSPS) is 24.7. The van der Waals surface area contributed by atoms with Gasteiger partial charge in [0.2, 0.25) is 0 Å². The molecule has 3 saturated carbocycles. The zero-order chi connectivity index (χ0) is 44.0. The van der Waals surface area contributed by atoms with Gasteiger partial charge in [0, 0.05) is 81.5 Å². The summed E-state index contributed by atoms with van der Waals surface area (Å²) in [4.78, 5) is 60.5. The van der Waals surface area contributed by atoms with Gasteiger partial charge in [0.1, 0.15) is 28.7 Å². The van der Waals surface area contributed by atoms with Crippen LogP contribution in [0.2, 0.25) is 0 Å². The predicted octanol–water partition coefficient (Wildman–Crippen LogP) is 11.7. The number of esters is 1. The predicted molar refractivity (Wildman–Crippen MR) is 253 cm³/mol. The fraction of sp³-hybridized carbons (Fsp3) is 0.333. The third-order valence-electron chi connectivity index (χ3n) is 15.9. The van der Waals surface area contributed by atoms with Crippen molar-refractivity contribution in [3.63, 3.8) is 0 Å². The number of carbonyl (C=O) groups is 2. The number of rotatable bonds is 2. The SMILES string of the molecule is CCC(=O)O[C@H]1CC[C@H]2[C@@H]3CCC4=CC(=O)CC[C@]4(C)[C@H]3CC[C@]12C.[Zn].c1ccc2c(c1)-c1nc-2nc2[nH]c(nc3nc(nc4[nH]c(n1)c1ccccc41)-c1ccccc1-3)c1ccccc21. The van der Waals surface area contributed by atoms with Crippen molar-refractivity contribution in [2.45, 2.75) is 84.7 Å². The van der Waals surface area contributed by atoms with Crippen LogP contribution in [0.15, 0.2) is 109 Å². The minimum atomic E-state index is -0.0411. The van der Waals surface area contributed by atoms with Crippen LogP contribution in [-0.4, -0.2) is 57.7 Å². The Balaban J connectivity index is 0.000000160. The summed E-state index contributed by atoms with van der Waals surface area (Å²) in [6, 6.07) is 32.2. The largest absolute Gasteiger partial charge is 0.462 e. The maximum absolute atomic E-state index is 11.9. The second kappa shape index (κ2) is 16.3. The van der Waals surface area contributed by atoms with E-state index in [-0.39, 0.29) is 42.4 Å². The number of allylic oxidation sites excluding steroid dienone is 1. The van der Waals surface area contributed by atoms with E-state index in [0.29, 0.717) is 69.9 Å². The molecule has 326 valence electrons. The molecule has 6 aliphatic rings. The van der Waals surface area contributed by atoms with E-state index >= 15 is 0 Å². The standard InChI is InChI=1S/C32H18N8.C22H32O3.Zn/c1-2-10-18-17(9-1)25-33-26(18)38-28-21-13-5-6-14-22(21)30(35-28)40-32-24-16-8-7-15-23(24)31(36-32)39-29-20-12-4-3-11-19(20)27(34-29)37-25;1-4-20(24)25-19-8-7-17-16-6-5-14-13-15(23)9-11-21(14,2)18(16)10-12-22(17,19)3;/h1-16H,(H2,33,34,35,36,37,38,39,40);13,16-19H,4-12H2,1-3H3;/t;16-,17-,18-,19-,21-,22-;/m.0./s1. The van der Waals surface area contributed by atoms with E-state index in [1.54, 1.807) is 0 Å². The van der Waals surface area contributed by atoms with Crippen molar-refractivity contribution in [1.82, 2.24) is 39.9 Å². The Labute approximate surface area is 395 Å². The van der Waals surface area contributed by atoms with Gasteiger partial charge in [-0.3, -0.25) is 9.59 Å². The first-order chi connectivity index (χ1) is 31.7. The molecule has 4 aliphatic carbocycles. The van der Waals surface area contributed by atoms with Crippen molar-refractivity contribution in [2.24, 2.45) is 28.6 Å². The number of ketones is 1. The fourth-order valence-corrected chi connectivity index (χ4v) is 12.5. The summed E-state index contributed by atoms with van der Waals surface area (Å²) in [5.74, 6) is 4.80. The number of benzene rings is 4. The van der Waals surface area contributed by atoms with Crippen LogP contribution in [0.1, 0.15) is 78.6 Å². The second-order valence-electron chi connectivity index (χ2n) is 19.2. The fourth-order valence-electron chi connectivity index (χ4n) is 12.5. The second-order valence-corrected chi connectivity index (χ2v) is 19.2. The van der Waals surface area contributed by atoms with Crippen LogP contribution in [0.5, 0.6) is 0 Å². The van der Waals surface area contributed by atoms with Gasteiger partial charge in [0.05, 0.1) is 0 Å². The van der Waals surface area contributed by atoms with Gasteiger partial charge in [-0.05, 0) is 74.2 Å². The molecule has 4 aromatic carbocycles. The molecule has 0 amide bonds. The molecular formula is C54H50N8O3Zn. The molecule has 0 spiro atoms. The smallest absolute Gasteiger partial charge is 0.305 e. The summed E-state index contributed by atoms with van der Waals surface area (Å²) in [7, 11) is 0. The number of nitrogens with zero attached hydrogens (tertiary/aromatic N) is 6. The third kappa shape index (κ3) is 6.77. The first-order valence-corrected chi connectivity index (χ1v) is 23.3. The van der Waals surface area contributed by atoms with Gasteiger partial charge in [0.15, 0.2) is 29.1 Å². The molecule has 2 aliphatic heterocycles. The van der Waals surface area contributed by atoms with E-state index in [9.17, 15) is 9.59 Å². The average Bonchev–Trinajstić information content (AvgIpc) is 4.13. The van der Waals surface area contributed by atoms with E-state index < -0.39 is 0 Å². The molecule has 8 bridgehead atoms. The minimum absolute atomic E-state index is 0. The van der Waals surface area contributed by atoms with E-state index in [1.165, 1.54) is 24.8 Å². The first kappa shape index (κ1) is 42.4. The minimum Gasteiger partial charge on any atom is -0.462 e. The van der Waals surface area contributed by atoms with Crippen LogP contribution in [0.4, 0.5) is 0 Å². The number of aromatic nitrogens is 8. The molecule has 7 aromatic rings. The maximum Gasteiger partial charge on any atom is 0.305 e. The molecular weight excluding hydrogens is 874 g/mol. The van der Waals surface area contributed by atoms with Gasteiger partial charge >= 0.3 is 5.97 Å². The number of hydrogen-bond acceptors (Lipinski definition) is 9. The van der Waals surface area contributed by atoms with Crippen molar-refractivity contribution in [1.29, 1.82) is 0 Å². The number of H-pyrrole nitrogens is 2. The number of nitrogens with one attached hydrogen (secondary N) is 2. The topological polar surface area (TPSA) is 152 Å². The van der Waals surface area contributed by atoms with E-state index in [4.69, 9.17) is 34.6 Å². The monoisotopic (exact) mass is 922 g/mol. The van der Waals surface area contributed by atoms with Crippen LogP contribution < -0.4 is 0 Å². The van der Waals surface area contributed by atoms with Gasteiger partial charge in [-0.1, -0.05) is 123 Å². The summed E-state index contributed by atoms with van der Waals surface area (Å²) in [5.41, 5.74) is 8.27. The Bertz CT molecular complexity index is 3020. The molecule has 12 heteroatoms. The van der Waals surface area contributed by atoms with Crippen molar-refractivity contribution in [2.75, 3.05) is 0 Å². The molecule has 0 unspecified atom stereocenters. The van der Waals surface area contributed by atoms with Gasteiger partial charge in [0.25, 0.3) is 0 Å². The molecule has 5 heterocycles. The first-order valence-electron chi connectivity index (χ1n) is 23.3. The molecule has 0 radical (unpaired) electrons. The van der Waals surface area contributed by atoms with Gasteiger partial charge in [-0.2, -0.15) is 0 Å². The average molecular weight is 924 g/mol. The van der Waals surface area contributed by atoms with Crippen molar-refractivity contribution in [3.8, 4) is 45.6 Å². The van der Waals surface area contributed by atoms with Crippen LogP contribution >= 0.6 is 0 Å². The van der Waals surface area contributed by atoms with Crippen LogP contribution in [0, 0.1) is 28.6 Å². The van der Waals surface area contributed by atoms with Crippen LogP contribution in [0.25, 0.3) is 89.7 Å². The van der Waals surface area contributed by atoms with Crippen LogP contribution in [-0.2, 0) is 33.8 Å². The van der Waals surface area contributed by atoms with Crippen molar-refractivity contribution >= 4 is 55.9 Å². The molecule has 66 heavy (non-hydrogen) atoms. The van der Waals surface area contributed by atoms with Gasteiger partial charge in [-0.15, -0.1) is 0 Å². The number of hydrogen-bond donors (Lipinski definition) is 2. The van der Waals surface area contributed by atoms with E-state index in [2.05, 4.69) is 23.8 Å². The van der Waals surface area contributed by atoms with Crippen molar-refractivity contribution in [3.05, 3.63) is 109 Å².